The molecule has 0 saturated carbocycles. The second kappa shape index (κ2) is 8.63. The first-order chi connectivity index (χ1) is 10.7. The number of halogens is 3. The Morgan fingerprint density at radius 3 is 2.67 bits per heavy atom. The van der Waals surface area contributed by atoms with E-state index in [4.69, 9.17) is 5.73 Å². The number of hydrogen-bond donors (Lipinski definition) is 3. The van der Waals surface area contributed by atoms with Crippen molar-refractivity contribution in [3.63, 3.8) is 0 Å². The van der Waals surface area contributed by atoms with Crippen molar-refractivity contribution in [1.29, 1.82) is 0 Å². The topological polar surface area (TPSA) is 83.8 Å². The third kappa shape index (κ3) is 4.23. The highest BCUT2D eigenvalue weighted by Gasteiger charge is 2.07. The van der Waals surface area contributed by atoms with Gasteiger partial charge in [-0.15, -0.1) is 24.8 Å². The molecule has 0 amide bonds. The number of nitrogens with one attached hydrogen (secondary N) is 2. The molecule has 3 rings (SSSR count). The van der Waals surface area contributed by atoms with Crippen molar-refractivity contribution >= 4 is 47.2 Å². The fourth-order valence-corrected chi connectivity index (χ4v) is 2.30. The third-order valence-electron chi connectivity index (χ3n) is 3.37. The summed E-state index contributed by atoms with van der Waals surface area (Å²) >= 11 is 0. The van der Waals surface area contributed by atoms with Gasteiger partial charge in [-0.2, -0.15) is 0 Å². The molecule has 1 aromatic carbocycles. The second-order valence-electron chi connectivity index (χ2n) is 4.92. The maximum Gasteiger partial charge on any atom is 0.249 e. The summed E-state index contributed by atoms with van der Waals surface area (Å²) in [4.78, 5) is 18.1. The van der Waals surface area contributed by atoms with Crippen molar-refractivity contribution in [3.05, 3.63) is 64.3 Å². The lowest BCUT2D eigenvalue weighted by molar-refractivity contribution is 0.631. The molecule has 2 aromatic heterocycles. The molecular weight excluding hydrogens is 354 g/mol. The number of anilines is 2. The first-order valence-electron chi connectivity index (χ1n) is 6.91. The smallest absolute Gasteiger partial charge is 0.249 e. The van der Waals surface area contributed by atoms with Crippen LogP contribution in [0.25, 0.3) is 11.0 Å². The van der Waals surface area contributed by atoms with E-state index in [1.54, 1.807) is 30.5 Å². The SMILES string of the molecule is Cl.Cl.NCCc1ccc(F)c(Nc2ccnc3[nH]c(=O)ccc23)c1. The monoisotopic (exact) mass is 370 g/mol. The summed E-state index contributed by atoms with van der Waals surface area (Å²) in [5.41, 5.74) is 7.75. The van der Waals surface area contributed by atoms with Gasteiger partial charge >= 0.3 is 0 Å². The minimum Gasteiger partial charge on any atom is -0.352 e. The fraction of sp³-hybridized carbons (Fsp3) is 0.125. The zero-order valence-corrected chi connectivity index (χ0v) is 14.2. The highest BCUT2D eigenvalue weighted by atomic mass is 35.5. The number of pyridine rings is 2. The quantitative estimate of drug-likeness (QED) is 0.658. The molecule has 0 aliphatic rings. The van der Waals surface area contributed by atoms with Crippen LogP contribution in [0.5, 0.6) is 0 Å². The summed E-state index contributed by atoms with van der Waals surface area (Å²) in [5, 5.41) is 3.77. The van der Waals surface area contributed by atoms with Crippen molar-refractivity contribution in [1.82, 2.24) is 9.97 Å². The molecule has 2 heterocycles. The Morgan fingerprint density at radius 1 is 1.12 bits per heavy atom. The zero-order valence-electron chi connectivity index (χ0n) is 12.6. The lowest BCUT2D eigenvalue weighted by atomic mass is 10.1. The maximum atomic E-state index is 14.0. The van der Waals surface area contributed by atoms with Gasteiger partial charge in [0.15, 0.2) is 0 Å². The highest BCUT2D eigenvalue weighted by Crippen LogP contribution is 2.25. The van der Waals surface area contributed by atoms with E-state index in [1.807, 2.05) is 0 Å². The Hall–Kier alpha value is -2.15. The Balaban J connectivity index is 0.00000144. The third-order valence-corrected chi connectivity index (χ3v) is 3.37. The molecule has 0 spiro atoms. The molecular formula is C16H17Cl2FN4O. The van der Waals surface area contributed by atoms with Crippen LogP contribution in [0.3, 0.4) is 0 Å². The van der Waals surface area contributed by atoms with Crippen LogP contribution in [-0.2, 0) is 6.42 Å². The summed E-state index contributed by atoms with van der Waals surface area (Å²) < 4.78 is 14.0. The van der Waals surface area contributed by atoms with Crippen LogP contribution in [-0.4, -0.2) is 16.5 Å². The van der Waals surface area contributed by atoms with Gasteiger partial charge in [-0.05, 0) is 42.8 Å². The normalized spacial score (nSPS) is 9.92. The number of benzene rings is 1. The molecule has 8 heteroatoms. The number of aromatic amines is 1. The molecule has 0 saturated heterocycles. The van der Waals surface area contributed by atoms with Gasteiger partial charge in [-0.1, -0.05) is 6.07 Å². The standard InChI is InChI=1S/C16H15FN4O.2ClH/c17-12-3-1-10(5-7-18)9-14(12)20-13-6-8-19-16-11(13)2-4-15(22)21-16;;/h1-4,6,8-9H,5,7,18H2,(H2,19,20,21,22);2*1H. The molecule has 5 nitrogen and oxygen atoms in total. The van der Waals surface area contributed by atoms with Crippen molar-refractivity contribution in [2.75, 3.05) is 11.9 Å². The van der Waals surface area contributed by atoms with Gasteiger partial charge < -0.3 is 16.0 Å². The van der Waals surface area contributed by atoms with Crippen molar-refractivity contribution in [3.8, 4) is 0 Å². The van der Waals surface area contributed by atoms with Gasteiger partial charge in [0, 0.05) is 17.6 Å². The molecule has 0 aliphatic heterocycles. The first kappa shape index (κ1) is 19.9. The molecule has 3 aromatic rings. The number of nitrogens with two attached hydrogens (primary N) is 1. The lowest BCUT2D eigenvalue weighted by Gasteiger charge is -2.11. The van der Waals surface area contributed by atoms with E-state index in [9.17, 15) is 9.18 Å². The largest absolute Gasteiger partial charge is 0.352 e. The molecule has 0 fully saturated rings. The second-order valence-corrected chi connectivity index (χ2v) is 4.92. The average Bonchev–Trinajstić information content (AvgIpc) is 2.51. The maximum absolute atomic E-state index is 14.0. The van der Waals surface area contributed by atoms with E-state index in [0.717, 1.165) is 5.56 Å². The van der Waals surface area contributed by atoms with E-state index in [-0.39, 0.29) is 36.2 Å². The number of nitrogens with zero attached hydrogens (tertiary/aromatic N) is 1. The van der Waals surface area contributed by atoms with Gasteiger partial charge in [-0.3, -0.25) is 4.79 Å². The molecule has 0 bridgehead atoms. The summed E-state index contributed by atoms with van der Waals surface area (Å²) in [6.45, 7) is 0.504. The summed E-state index contributed by atoms with van der Waals surface area (Å²) in [5.74, 6) is -0.352. The van der Waals surface area contributed by atoms with E-state index < -0.39 is 0 Å². The Labute approximate surface area is 150 Å². The van der Waals surface area contributed by atoms with Gasteiger partial charge in [-0.25, -0.2) is 9.37 Å². The predicted octanol–water partition coefficient (Wildman–Crippen LogP) is 3.15. The fourth-order valence-electron chi connectivity index (χ4n) is 2.30. The van der Waals surface area contributed by atoms with Gasteiger partial charge in [0.25, 0.3) is 0 Å². The molecule has 0 atom stereocenters. The Bertz CT molecular complexity index is 885. The average molecular weight is 371 g/mol. The number of rotatable bonds is 4. The predicted molar refractivity (Wildman–Crippen MR) is 99.3 cm³/mol. The van der Waals surface area contributed by atoms with Crippen LogP contribution < -0.4 is 16.6 Å². The summed E-state index contributed by atoms with van der Waals surface area (Å²) in [7, 11) is 0. The minimum atomic E-state index is -0.352. The van der Waals surface area contributed by atoms with Gasteiger partial charge in [0.05, 0.1) is 11.4 Å². The van der Waals surface area contributed by atoms with E-state index in [0.29, 0.717) is 35.4 Å². The Kier molecular flexibility index (Phi) is 7.16. The highest BCUT2D eigenvalue weighted by molar-refractivity contribution is 5.90. The van der Waals surface area contributed by atoms with Crippen LogP contribution in [0.2, 0.25) is 0 Å². The van der Waals surface area contributed by atoms with Crippen LogP contribution in [0.1, 0.15) is 5.56 Å². The summed E-state index contributed by atoms with van der Waals surface area (Å²) in [6, 6.07) is 9.67. The van der Waals surface area contributed by atoms with Crippen LogP contribution >= 0.6 is 24.8 Å². The molecule has 0 unspecified atom stereocenters. The van der Waals surface area contributed by atoms with Crippen LogP contribution in [0, 0.1) is 5.82 Å². The first-order valence-corrected chi connectivity index (χ1v) is 6.91. The lowest BCUT2D eigenvalue weighted by Crippen LogP contribution is -2.05. The van der Waals surface area contributed by atoms with E-state index >= 15 is 0 Å². The van der Waals surface area contributed by atoms with Gasteiger partial charge in [0.1, 0.15) is 11.5 Å². The molecule has 0 radical (unpaired) electrons. The molecule has 4 N–H and O–H groups in total. The molecule has 0 aliphatic carbocycles. The van der Waals surface area contributed by atoms with Crippen LogP contribution in [0.15, 0.2) is 47.4 Å². The van der Waals surface area contributed by atoms with Gasteiger partial charge in [0.2, 0.25) is 5.56 Å². The number of H-pyrrole nitrogens is 1. The number of fused-ring (bicyclic) bond motifs is 1. The van der Waals surface area contributed by atoms with Crippen molar-refractivity contribution in [2.24, 2.45) is 5.73 Å². The van der Waals surface area contributed by atoms with E-state index in [1.165, 1.54) is 12.1 Å². The molecule has 24 heavy (non-hydrogen) atoms. The van der Waals surface area contributed by atoms with Crippen molar-refractivity contribution < 1.29 is 4.39 Å². The number of hydrogen-bond acceptors (Lipinski definition) is 4. The van der Waals surface area contributed by atoms with Crippen molar-refractivity contribution in [2.45, 2.75) is 6.42 Å². The number of aromatic nitrogens is 2. The minimum absolute atomic E-state index is 0. The zero-order chi connectivity index (χ0) is 15.5. The van der Waals surface area contributed by atoms with Crippen LogP contribution in [0.4, 0.5) is 15.8 Å². The van der Waals surface area contributed by atoms with E-state index in [2.05, 4.69) is 15.3 Å². The summed E-state index contributed by atoms with van der Waals surface area (Å²) in [6.07, 6.45) is 2.24. The Morgan fingerprint density at radius 2 is 1.92 bits per heavy atom. The molecule has 128 valence electrons.